The molecule has 3 rings (SSSR count). The van der Waals surface area contributed by atoms with E-state index in [0.29, 0.717) is 0 Å². The van der Waals surface area contributed by atoms with E-state index in [-0.39, 0.29) is 55.7 Å². The fourth-order valence-electron chi connectivity index (χ4n) is 3.20. The first-order valence-electron chi connectivity index (χ1n) is 9.81. The Kier molecular flexibility index (Phi) is 6.94. The number of aromatic nitrogens is 1. The van der Waals surface area contributed by atoms with E-state index in [9.17, 15) is 22.4 Å². The summed E-state index contributed by atoms with van der Waals surface area (Å²) in [5.41, 5.74) is 0.267. The highest BCUT2D eigenvalue weighted by Gasteiger charge is 2.29. The van der Waals surface area contributed by atoms with Crippen LogP contribution in [0.25, 0.3) is 11.5 Å². The van der Waals surface area contributed by atoms with Gasteiger partial charge in [-0.1, -0.05) is 12.1 Å². The minimum absolute atomic E-state index is 0.0118. The van der Waals surface area contributed by atoms with E-state index in [4.69, 9.17) is 9.15 Å². The standard InChI is InChI=1S/C20H24FN3O6S/c1-3-29-20(26)24-10-8-23(9-11-24)18(25)13-31(27,28)12-17-14(2)30-19(22-17)15-6-4-5-7-16(15)21/h4-7H,3,8-13H2,1-2H3. The van der Waals surface area contributed by atoms with Crippen molar-refractivity contribution in [2.75, 3.05) is 38.5 Å². The van der Waals surface area contributed by atoms with Crippen LogP contribution >= 0.6 is 0 Å². The zero-order valence-corrected chi connectivity index (χ0v) is 18.2. The third kappa shape index (κ3) is 5.60. The number of benzene rings is 1. The smallest absolute Gasteiger partial charge is 0.409 e. The summed E-state index contributed by atoms with van der Waals surface area (Å²) in [5.74, 6) is -2.02. The molecule has 1 fully saturated rings. The lowest BCUT2D eigenvalue weighted by atomic mass is 10.2. The first-order valence-corrected chi connectivity index (χ1v) is 11.6. The molecule has 2 amide bonds. The van der Waals surface area contributed by atoms with Gasteiger partial charge in [0.05, 0.1) is 23.6 Å². The van der Waals surface area contributed by atoms with E-state index in [1.165, 1.54) is 28.0 Å². The van der Waals surface area contributed by atoms with Gasteiger partial charge in [0, 0.05) is 26.2 Å². The Morgan fingerprint density at radius 3 is 2.45 bits per heavy atom. The highest BCUT2D eigenvalue weighted by molar-refractivity contribution is 7.91. The number of hydrogen-bond acceptors (Lipinski definition) is 7. The number of carbonyl (C=O) groups excluding carboxylic acids is 2. The van der Waals surface area contributed by atoms with Gasteiger partial charge in [0.15, 0.2) is 9.84 Å². The van der Waals surface area contributed by atoms with Crippen LogP contribution in [0, 0.1) is 12.7 Å². The summed E-state index contributed by atoms with van der Waals surface area (Å²) >= 11 is 0. The highest BCUT2D eigenvalue weighted by atomic mass is 32.2. The second kappa shape index (κ2) is 9.46. The van der Waals surface area contributed by atoms with Gasteiger partial charge < -0.3 is 19.0 Å². The number of halogens is 1. The summed E-state index contributed by atoms with van der Waals surface area (Å²) in [6.45, 7) is 4.52. The molecule has 1 aliphatic heterocycles. The lowest BCUT2D eigenvalue weighted by molar-refractivity contribution is -0.130. The number of rotatable bonds is 6. The zero-order valence-electron chi connectivity index (χ0n) is 17.3. The molecule has 9 nitrogen and oxygen atoms in total. The normalized spacial score (nSPS) is 14.5. The van der Waals surface area contributed by atoms with Crippen LogP contribution in [0.1, 0.15) is 18.4 Å². The summed E-state index contributed by atoms with van der Waals surface area (Å²) in [7, 11) is -3.84. The summed E-state index contributed by atoms with van der Waals surface area (Å²) in [6, 6.07) is 5.89. The van der Waals surface area contributed by atoms with E-state index >= 15 is 0 Å². The number of ether oxygens (including phenoxy) is 1. The average molecular weight is 453 g/mol. The minimum Gasteiger partial charge on any atom is -0.450 e. The van der Waals surface area contributed by atoms with Crippen molar-refractivity contribution in [1.82, 2.24) is 14.8 Å². The fourth-order valence-corrected chi connectivity index (χ4v) is 4.55. The van der Waals surface area contributed by atoms with Gasteiger partial charge in [-0.25, -0.2) is 22.6 Å². The number of carbonyl (C=O) groups is 2. The third-order valence-corrected chi connectivity index (χ3v) is 6.26. The minimum atomic E-state index is -3.84. The zero-order chi connectivity index (χ0) is 22.6. The maximum Gasteiger partial charge on any atom is 0.409 e. The van der Waals surface area contributed by atoms with Crippen LogP contribution in [0.15, 0.2) is 28.7 Å². The van der Waals surface area contributed by atoms with Crippen molar-refractivity contribution >= 4 is 21.8 Å². The van der Waals surface area contributed by atoms with Crippen LogP contribution < -0.4 is 0 Å². The number of aryl methyl sites for hydroxylation is 1. The van der Waals surface area contributed by atoms with Crippen LogP contribution in [0.2, 0.25) is 0 Å². The van der Waals surface area contributed by atoms with Gasteiger partial charge in [-0.05, 0) is 26.0 Å². The largest absolute Gasteiger partial charge is 0.450 e. The molecule has 1 saturated heterocycles. The molecule has 0 radical (unpaired) electrons. The molecule has 31 heavy (non-hydrogen) atoms. The summed E-state index contributed by atoms with van der Waals surface area (Å²) in [6.07, 6.45) is -0.450. The molecule has 2 heterocycles. The molecule has 1 aromatic heterocycles. The first kappa shape index (κ1) is 22.7. The van der Waals surface area contributed by atoms with Crippen LogP contribution in [0.3, 0.4) is 0 Å². The summed E-state index contributed by atoms with van der Waals surface area (Å²) < 4.78 is 49.5. The number of hydrogen-bond donors (Lipinski definition) is 0. The Bertz CT molecular complexity index is 1060. The number of nitrogens with zero attached hydrogens (tertiary/aromatic N) is 3. The molecule has 168 valence electrons. The SMILES string of the molecule is CCOC(=O)N1CCN(C(=O)CS(=O)(=O)Cc2nc(-c3ccccc3F)oc2C)CC1. The Balaban J connectivity index is 1.61. The second-order valence-electron chi connectivity index (χ2n) is 7.10. The van der Waals surface area contributed by atoms with E-state index in [1.807, 2.05) is 0 Å². The number of oxazole rings is 1. The van der Waals surface area contributed by atoms with Crippen molar-refractivity contribution in [1.29, 1.82) is 0 Å². The maximum absolute atomic E-state index is 14.0. The summed E-state index contributed by atoms with van der Waals surface area (Å²) in [4.78, 5) is 31.2. The molecule has 0 bridgehead atoms. The average Bonchev–Trinajstić information content (AvgIpc) is 3.07. The van der Waals surface area contributed by atoms with Gasteiger partial charge in [-0.2, -0.15) is 0 Å². The molecule has 0 aliphatic carbocycles. The Morgan fingerprint density at radius 2 is 1.81 bits per heavy atom. The quantitative estimate of drug-likeness (QED) is 0.658. The van der Waals surface area contributed by atoms with Crippen molar-refractivity contribution in [3.8, 4) is 11.5 Å². The molecule has 1 aromatic carbocycles. The van der Waals surface area contributed by atoms with E-state index in [2.05, 4.69) is 4.98 Å². The van der Waals surface area contributed by atoms with Crippen LogP contribution in [0.4, 0.5) is 9.18 Å². The van der Waals surface area contributed by atoms with Gasteiger partial charge in [-0.15, -0.1) is 0 Å². The molecule has 1 aliphatic rings. The van der Waals surface area contributed by atoms with Gasteiger partial charge in [0.25, 0.3) is 0 Å². The molecule has 0 unspecified atom stereocenters. The van der Waals surface area contributed by atoms with Gasteiger partial charge in [0.2, 0.25) is 11.8 Å². The van der Waals surface area contributed by atoms with Crippen molar-refractivity contribution < 1.29 is 31.6 Å². The molecular formula is C20H24FN3O6S. The topological polar surface area (TPSA) is 110 Å². The highest BCUT2D eigenvalue weighted by Crippen LogP contribution is 2.25. The van der Waals surface area contributed by atoms with E-state index < -0.39 is 39.2 Å². The van der Waals surface area contributed by atoms with E-state index in [0.717, 1.165) is 0 Å². The van der Waals surface area contributed by atoms with Crippen LogP contribution in [-0.4, -0.2) is 73.7 Å². The number of amides is 2. The van der Waals surface area contributed by atoms with Crippen LogP contribution in [-0.2, 0) is 25.1 Å². The number of sulfone groups is 1. The molecule has 0 atom stereocenters. The van der Waals surface area contributed by atoms with Gasteiger partial charge in [-0.3, -0.25) is 4.79 Å². The lowest BCUT2D eigenvalue weighted by Crippen LogP contribution is -2.51. The Labute approximate surface area is 179 Å². The predicted octanol–water partition coefficient (Wildman–Crippen LogP) is 2.00. The van der Waals surface area contributed by atoms with Crippen molar-refractivity contribution in [2.24, 2.45) is 0 Å². The monoisotopic (exact) mass is 453 g/mol. The second-order valence-corrected chi connectivity index (χ2v) is 9.17. The molecule has 0 spiro atoms. The molecule has 2 aromatic rings. The third-order valence-electron chi connectivity index (χ3n) is 4.86. The molecular weight excluding hydrogens is 429 g/mol. The first-order chi connectivity index (χ1) is 14.7. The molecule has 0 N–H and O–H groups in total. The number of piperazine rings is 1. The van der Waals surface area contributed by atoms with Crippen molar-refractivity contribution in [3.05, 3.63) is 41.5 Å². The van der Waals surface area contributed by atoms with Gasteiger partial charge in [0.1, 0.15) is 17.3 Å². The van der Waals surface area contributed by atoms with Crippen molar-refractivity contribution in [3.63, 3.8) is 0 Å². The Morgan fingerprint density at radius 1 is 1.16 bits per heavy atom. The summed E-state index contributed by atoms with van der Waals surface area (Å²) in [5, 5.41) is 0. The fraction of sp³-hybridized carbons (Fsp3) is 0.450. The van der Waals surface area contributed by atoms with Crippen molar-refractivity contribution in [2.45, 2.75) is 19.6 Å². The lowest BCUT2D eigenvalue weighted by Gasteiger charge is -2.34. The van der Waals surface area contributed by atoms with Gasteiger partial charge >= 0.3 is 6.09 Å². The molecule has 0 saturated carbocycles. The Hall–Kier alpha value is -2.95. The molecule has 11 heteroatoms. The van der Waals surface area contributed by atoms with E-state index in [1.54, 1.807) is 19.9 Å². The van der Waals surface area contributed by atoms with Crippen LogP contribution in [0.5, 0.6) is 0 Å². The maximum atomic E-state index is 14.0. The predicted molar refractivity (Wildman–Crippen MR) is 109 cm³/mol.